The lowest BCUT2D eigenvalue weighted by atomic mass is 10.0. The lowest BCUT2D eigenvalue weighted by Crippen LogP contribution is -2.38. The first-order chi connectivity index (χ1) is 9.69. The Morgan fingerprint density at radius 3 is 3.05 bits per heavy atom. The number of hydrogen-bond acceptors (Lipinski definition) is 2. The van der Waals surface area contributed by atoms with Gasteiger partial charge in [-0.15, -0.1) is 0 Å². The number of halogens is 1. The van der Waals surface area contributed by atoms with Crippen LogP contribution in [-0.4, -0.2) is 25.7 Å². The summed E-state index contributed by atoms with van der Waals surface area (Å²) < 4.78 is 18.2. The molecule has 20 heavy (non-hydrogen) atoms. The number of hydrogen-bond donors (Lipinski definition) is 1. The monoisotopic (exact) mass is 279 g/mol. The van der Waals surface area contributed by atoms with Gasteiger partial charge in [0.1, 0.15) is 5.82 Å². The molecule has 0 saturated heterocycles. The van der Waals surface area contributed by atoms with Gasteiger partial charge in [0.2, 0.25) is 5.91 Å². The third kappa shape index (κ3) is 4.30. The van der Waals surface area contributed by atoms with Crippen molar-refractivity contribution in [3.63, 3.8) is 0 Å². The SMILES string of the molecule is COC[C@H]1CCC[C@H]1NC(=O)CCc1cccc(F)c1. The van der Waals surface area contributed by atoms with E-state index >= 15 is 0 Å². The zero-order valence-corrected chi connectivity index (χ0v) is 11.9. The molecule has 2 rings (SSSR count). The van der Waals surface area contributed by atoms with Crippen molar-refractivity contribution < 1.29 is 13.9 Å². The topological polar surface area (TPSA) is 38.3 Å². The number of nitrogens with one attached hydrogen (secondary N) is 1. The normalized spacial score (nSPS) is 21.9. The van der Waals surface area contributed by atoms with E-state index in [2.05, 4.69) is 5.32 Å². The smallest absolute Gasteiger partial charge is 0.220 e. The Morgan fingerprint density at radius 1 is 1.45 bits per heavy atom. The van der Waals surface area contributed by atoms with Crippen LogP contribution in [0.4, 0.5) is 4.39 Å². The third-order valence-corrected chi connectivity index (χ3v) is 3.92. The van der Waals surface area contributed by atoms with Crippen molar-refractivity contribution in [3.05, 3.63) is 35.6 Å². The van der Waals surface area contributed by atoms with Crippen LogP contribution < -0.4 is 5.32 Å². The van der Waals surface area contributed by atoms with Crippen LogP contribution in [0.2, 0.25) is 0 Å². The summed E-state index contributed by atoms with van der Waals surface area (Å²) >= 11 is 0. The number of ether oxygens (including phenoxy) is 1. The molecule has 110 valence electrons. The van der Waals surface area contributed by atoms with Crippen LogP contribution >= 0.6 is 0 Å². The zero-order chi connectivity index (χ0) is 14.4. The average Bonchev–Trinajstić information content (AvgIpc) is 2.84. The predicted octanol–water partition coefficient (Wildman–Crippen LogP) is 2.69. The van der Waals surface area contributed by atoms with Gasteiger partial charge in [0.25, 0.3) is 0 Å². The highest BCUT2D eigenvalue weighted by Crippen LogP contribution is 2.25. The average molecular weight is 279 g/mol. The molecule has 3 nitrogen and oxygen atoms in total. The molecular weight excluding hydrogens is 257 g/mol. The van der Waals surface area contributed by atoms with Gasteiger partial charge in [-0.2, -0.15) is 0 Å². The maximum atomic E-state index is 13.0. The van der Waals surface area contributed by atoms with Crippen molar-refractivity contribution in [1.29, 1.82) is 0 Å². The highest BCUT2D eigenvalue weighted by atomic mass is 19.1. The van der Waals surface area contributed by atoms with Gasteiger partial charge >= 0.3 is 0 Å². The van der Waals surface area contributed by atoms with E-state index in [4.69, 9.17) is 4.74 Å². The molecule has 0 heterocycles. The van der Waals surface area contributed by atoms with E-state index in [1.54, 1.807) is 13.2 Å². The minimum atomic E-state index is -0.251. The summed E-state index contributed by atoms with van der Waals surface area (Å²) in [7, 11) is 1.70. The summed E-state index contributed by atoms with van der Waals surface area (Å²) in [5, 5.41) is 3.09. The molecule has 0 spiro atoms. The van der Waals surface area contributed by atoms with Gasteiger partial charge < -0.3 is 10.1 Å². The first-order valence-corrected chi connectivity index (χ1v) is 7.22. The predicted molar refractivity (Wildman–Crippen MR) is 75.9 cm³/mol. The molecule has 0 aromatic heterocycles. The van der Waals surface area contributed by atoms with Crippen LogP contribution in [0.15, 0.2) is 24.3 Å². The first-order valence-electron chi connectivity index (χ1n) is 7.22. The molecule has 0 unspecified atom stereocenters. The van der Waals surface area contributed by atoms with E-state index in [1.807, 2.05) is 6.07 Å². The second-order valence-electron chi connectivity index (χ2n) is 5.45. The van der Waals surface area contributed by atoms with Gasteiger partial charge in [-0.25, -0.2) is 4.39 Å². The summed E-state index contributed by atoms with van der Waals surface area (Å²) in [6.07, 6.45) is 4.26. The number of carbonyl (C=O) groups excluding carboxylic acids is 1. The number of carbonyl (C=O) groups is 1. The van der Waals surface area contributed by atoms with E-state index in [0.29, 0.717) is 25.4 Å². The van der Waals surface area contributed by atoms with E-state index < -0.39 is 0 Å². The molecule has 0 aliphatic heterocycles. The zero-order valence-electron chi connectivity index (χ0n) is 11.9. The van der Waals surface area contributed by atoms with Crippen LogP contribution in [-0.2, 0) is 16.0 Å². The molecule has 1 N–H and O–H groups in total. The summed E-state index contributed by atoms with van der Waals surface area (Å²) in [6.45, 7) is 0.703. The lowest BCUT2D eigenvalue weighted by molar-refractivity contribution is -0.122. The molecule has 1 aromatic carbocycles. The van der Waals surface area contributed by atoms with Gasteiger partial charge in [0.05, 0.1) is 6.61 Å². The molecule has 1 aliphatic rings. The molecule has 1 aromatic rings. The second-order valence-corrected chi connectivity index (χ2v) is 5.45. The van der Waals surface area contributed by atoms with E-state index in [1.165, 1.54) is 12.1 Å². The minimum absolute atomic E-state index is 0.0438. The fraction of sp³-hybridized carbons (Fsp3) is 0.562. The third-order valence-electron chi connectivity index (χ3n) is 3.92. The highest BCUT2D eigenvalue weighted by molar-refractivity contribution is 5.76. The van der Waals surface area contributed by atoms with Crippen molar-refractivity contribution in [3.8, 4) is 0 Å². The van der Waals surface area contributed by atoms with Crippen LogP contribution in [0.5, 0.6) is 0 Å². The number of amides is 1. The van der Waals surface area contributed by atoms with Crippen LogP contribution in [0, 0.1) is 11.7 Å². The summed E-state index contributed by atoms with van der Waals surface area (Å²) in [5.74, 6) is 0.222. The Balaban J connectivity index is 1.78. The number of benzene rings is 1. The molecule has 2 atom stereocenters. The van der Waals surface area contributed by atoms with Gasteiger partial charge in [-0.05, 0) is 37.0 Å². The second kappa shape index (κ2) is 7.39. The highest BCUT2D eigenvalue weighted by Gasteiger charge is 2.28. The van der Waals surface area contributed by atoms with E-state index in [9.17, 15) is 9.18 Å². The van der Waals surface area contributed by atoms with Crippen molar-refractivity contribution in [2.45, 2.75) is 38.1 Å². The van der Waals surface area contributed by atoms with Crippen molar-refractivity contribution in [2.24, 2.45) is 5.92 Å². The Bertz CT molecular complexity index is 450. The van der Waals surface area contributed by atoms with Gasteiger partial charge in [0, 0.05) is 25.5 Å². The minimum Gasteiger partial charge on any atom is -0.384 e. The Hall–Kier alpha value is -1.42. The maximum absolute atomic E-state index is 13.0. The molecule has 1 aliphatic carbocycles. The molecule has 0 radical (unpaired) electrons. The molecule has 1 fully saturated rings. The van der Waals surface area contributed by atoms with Crippen molar-refractivity contribution in [2.75, 3.05) is 13.7 Å². The molecule has 0 bridgehead atoms. The van der Waals surface area contributed by atoms with Crippen LogP contribution in [0.25, 0.3) is 0 Å². The van der Waals surface area contributed by atoms with Gasteiger partial charge in [-0.1, -0.05) is 18.6 Å². The fourth-order valence-corrected chi connectivity index (χ4v) is 2.87. The molecule has 1 saturated carbocycles. The van der Waals surface area contributed by atoms with E-state index in [0.717, 1.165) is 24.8 Å². The number of methoxy groups -OCH3 is 1. The van der Waals surface area contributed by atoms with Crippen molar-refractivity contribution >= 4 is 5.91 Å². The Labute approximate surface area is 119 Å². The number of aryl methyl sites for hydroxylation is 1. The summed E-state index contributed by atoms with van der Waals surface area (Å²) in [5.41, 5.74) is 0.861. The van der Waals surface area contributed by atoms with E-state index in [-0.39, 0.29) is 17.8 Å². The molecule has 4 heteroatoms. The summed E-state index contributed by atoms with van der Waals surface area (Å²) in [4.78, 5) is 12.0. The first kappa shape index (κ1) is 15.0. The Morgan fingerprint density at radius 2 is 2.30 bits per heavy atom. The largest absolute Gasteiger partial charge is 0.384 e. The van der Waals surface area contributed by atoms with Crippen LogP contribution in [0.1, 0.15) is 31.2 Å². The van der Waals surface area contributed by atoms with Gasteiger partial charge in [0.15, 0.2) is 0 Å². The fourth-order valence-electron chi connectivity index (χ4n) is 2.87. The Kier molecular flexibility index (Phi) is 5.53. The molecule has 1 amide bonds. The maximum Gasteiger partial charge on any atom is 0.220 e. The van der Waals surface area contributed by atoms with Gasteiger partial charge in [-0.3, -0.25) is 4.79 Å². The van der Waals surface area contributed by atoms with Crippen LogP contribution in [0.3, 0.4) is 0 Å². The quantitative estimate of drug-likeness (QED) is 0.869. The van der Waals surface area contributed by atoms with Crippen molar-refractivity contribution in [1.82, 2.24) is 5.32 Å². The lowest BCUT2D eigenvalue weighted by Gasteiger charge is -2.20. The number of rotatable bonds is 6. The summed E-state index contributed by atoms with van der Waals surface area (Å²) in [6, 6.07) is 6.65. The standard InChI is InChI=1S/C16H22FNO2/c1-20-11-13-5-3-7-15(13)18-16(19)9-8-12-4-2-6-14(17)10-12/h2,4,6,10,13,15H,3,5,7-9,11H2,1H3,(H,18,19)/t13-,15-/m1/s1. The molecular formula is C16H22FNO2.